The highest BCUT2D eigenvalue weighted by Crippen LogP contribution is 2.37. The first kappa shape index (κ1) is 13.8. The number of benzene rings is 1. The van der Waals surface area contributed by atoms with Gasteiger partial charge in [0, 0.05) is 36.8 Å². The van der Waals surface area contributed by atoms with Gasteiger partial charge >= 0.3 is 0 Å². The van der Waals surface area contributed by atoms with Gasteiger partial charge in [0.15, 0.2) is 0 Å². The lowest BCUT2D eigenvalue weighted by molar-refractivity contribution is -0.116. The SMILES string of the molecule is Cc1ncc(C2CC(=O)Nc3c2cnn3-c2ccccc2)n1C. The molecule has 0 bridgehead atoms. The zero-order chi connectivity index (χ0) is 16.0. The normalized spacial score (nSPS) is 17.0. The molecule has 23 heavy (non-hydrogen) atoms. The maximum Gasteiger partial charge on any atom is 0.226 e. The van der Waals surface area contributed by atoms with Gasteiger partial charge in [-0.1, -0.05) is 18.2 Å². The number of aromatic nitrogens is 4. The molecule has 0 saturated carbocycles. The fraction of sp³-hybridized carbons (Fsp3) is 0.235. The van der Waals surface area contributed by atoms with Gasteiger partial charge < -0.3 is 9.88 Å². The van der Waals surface area contributed by atoms with Gasteiger partial charge in [-0.25, -0.2) is 9.67 Å². The standard InChI is InChI=1S/C17H17N5O/c1-11-18-10-15(21(11)2)13-8-16(23)20-17-14(13)9-19-22(17)12-6-4-3-5-7-12/h3-7,9-10,13H,8H2,1-2H3,(H,20,23). The Hall–Kier alpha value is -2.89. The Morgan fingerprint density at radius 2 is 2.00 bits per heavy atom. The van der Waals surface area contributed by atoms with E-state index in [0.29, 0.717) is 6.42 Å². The van der Waals surface area contributed by atoms with E-state index < -0.39 is 0 Å². The van der Waals surface area contributed by atoms with Gasteiger partial charge in [0.1, 0.15) is 11.6 Å². The highest BCUT2D eigenvalue weighted by molar-refractivity contribution is 5.94. The summed E-state index contributed by atoms with van der Waals surface area (Å²) >= 11 is 0. The van der Waals surface area contributed by atoms with E-state index in [1.165, 1.54) is 0 Å². The molecule has 6 nitrogen and oxygen atoms in total. The summed E-state index contributed by atoms with van der Waals surface area (Å²) in [4.78, 5) is 16.6. The topological polar surface area (TPSA) is 64.7 Å². The average Bonchev–Trinajstić information content (AvgIpc) is 3.12. The van der Waals surface area contributed by atoms with E-state index in [1.54, 1.807) is 4.68 Å². The van der Waals surface area contributed by atoms with Crippen LogP contribution in [0.5, 0.6) is 0 Å². The molecule has 0 spiro atoms. The number of rotatable bonds is 2. The van der Waals surface area contributed by atoms with Crippen molar-refractivity contribution in [3.63, 3.8) is 0 Å². The van der Waals surface area contributed by atoms with Gasteiger partial charge in [-0.2, -0.15) is 5.10 Å². The summed E-state index contributed by atoms with van der Waals surface area (Å²) in [5.41, 5.74) is 2.98. The molecule has 0 saturated heterocycles. The largest absolute Gasteiger partial charge is 0.335 e. The van der Waals surface area contributed by atoms with Gasteiger partial charge in [0.05, 0.1) is 11.9 Å². The van der Waals surface area contributed by atoms with E-state index in [9.17, 15) is 4.79 Å². The number of carbonyl (C=O) groups is 1. The van der Waals surface area contributed by atoms with Crippen LogP contribution in [0.2, 0.25) is 0 Å². The van der Waals surface area contributed by atoms with E-state index in [2.05, 4.69) is 15.4 Å². The quantitative estimate of drug-likeness (QED) is 0.790. The molecule has 1 unspecified atom stereocenters. The third-order valence-electron chi connectivity index (χ3n) is 4.43. The first-order valence-corrected chi connectivity index (χ1v) is 7.56. The number of imidazole rings is 1. The number of fused-ring (bicyclic) bond motifs is 1. The minimum atomic E-state index is -0.0255. The van der Waals surface area contributed by atoms with Crippen molar-refractivity contribution in [3.05, 3.63) is 59.8 Å². The van der Waals surface area contributed by atoms with Gasteiger partial charge in [-0.05, 0) is 19.1 Å². The Morgan fingerprint density at radius 1 is 1.22 bits per heavy atom. The molecule has 1 aliphatic rings. The second-order valence-corrected chi connectivity index (χ2v) is 5.79. The average molecular weight is 307 g/mol. The highest BCUT2D eigenvalue weighted by Gasteiger charge is 2.32. The minimum Gasteiger partial charge on any atom is -0.335 e. The molecule has 1 amide bonds. The molecule has 1 N–H and O–H groups in total. The van der Waals surface area contributed by atoms with E-state index in [1.807, 2.05) is 61.3 Å². The lowest BCUT2D eigenvalue weighted by atomic mass is 9.91. The van der Waals surface area contributed by atoms with Crippen LogP contribution in [0.1, 0.15) is 29.4 Å². The molecular weight excluding hydrogens is 290 g/mol. The van der Waals surface area contributed by atoms with Crippen molar-refractivity contribution in [3.8, 4) is 5.69 Å². The second-order valence-electron chi connectivity index (χ2n) is 5.79. The van der Waals surface area contributed by atoms with Crippen LogP contribution in [-0.4, -0.2) is 25.2 Å². The van der Waals surface area contributed by atoms with Crippen LogP contribution in [0.4, 0.5) is 5.82 Å². The van der Waals surface area contributed by atoms with E-state index in [-0.39, 0.29) is 11.8 Å². The number of anilines is 1. The van der Waals surface area contributed by atoms with Crippen molar-refractivity contribution < 1.29 is 4.79 Å². The van der Waals surface area contributed by atoms with Gasteiger partial charge in [0.2, 0.25) is 5.91 Å². The molecule has 116 valence electrons. The summed E-state index contributed by atoms with van der Waals surface area (Å²) in [6.45, 7) is 1.96. The van der Waals surface area contributed by atoms with Crippen LogP contribution in [0.3, 0.4) is 0 Å². The third-order valence-corrected chi connectivity index (χ3v) is 4.43. The molecule has 3 aromatic rings. The van der Waals surface area contributed by atoms with Crippen molar-refractivity contribution in [2.45, 2.75) is 19.3 Å². The van der Waals surface area contributed by atoms with Crippen molar-refractivity contribution in [1.29, 1.82) is 0 Å². The Bertz CT molecular complexity index is 878. The number of hydrogen-bond acceptors (Lipinski definition) is 3. The van der Waals surface area contributed by atoms with Crippen molar-refractivity contribution in [2.75, 3.05) is 5.32 Å². The number of para-hydroxylation sites is 1. The monoisotopic (exact) mass is 307 g/mol. The second kappa shape index (κ2) is 5.08. The van der Waals surface area contributed by atoms with Gasteiger partial charge in [0.25, 0.3) is 0 Å². The van der Waals surface area contributed by atoms with Crippen LogP contribution in [-0.2, 0) is 11.8 Å². The fourth-order valence-electron chi connectivity index (χ4n) is 3.09. The Labute approximate surface area is 133 Å². The molecule has 0 fully saturated rings. The summed E-state index contributed by atoms with van der Waals surface area (Å²) in [5, 5.41) is 7.45. The number of aryl methyl sites for hydroxylation is 1. The van der Waals surface area contributed by atoms with E-state index in [4.69, 9.17) is 0 Å². The zero-order valence-electron chi connectivity index (χ0n) is 13.0. The zero-order valence-corrected chi connectivity index (χ0v) is 13.0. The van der Waals surface area contributed by atoms with Crippen LogP contribution in [0.15, 0.2) is 42.7 Å². The number of nitrogens with zero attached hydrogens (tertiary/aromatic N) is 4. The van der Waals surface area contributed by atoms with Crippen LogP contribution in [0.25, 0.3) is 5.69 Å². The molecule has 0 radical (unpaired) electrons. The molecule has 6 heteroatoms. The van der Waals surface area contributed by atoms with Crippen molar-refractivity contribution in [2.24, 2.45) is 7.05 Å². The molecule has 1 aromatic carbocycles. The number of carbonyl (C=O) groups excluding carboxylic acids is 1. The fourth-order valence-corrected chi connectivity index (χ4v) is 3.09. The predicted molar refractivity (Wildman–Crippen MR) is 86.6 cm³/mol. The molecule has 1 aliphatic heterocycles. The Balaban J connectivity index is 1.85. The summed E-state index contributed by atoms with van der Waals surface area (Å²) in [7, 11) is 1.98. The molecular formula is C17H17N5O. The molecule has 0 aliphatic carbocycles. The van der Waals surface area contributed by atoms with Crippen LogP contribution in [0, 0.1) is 6.92 Å². The van der Waals surface area contributed by atoms with E-state index >= 15 is 0 Å². The van der Waals surface area contributed by atoms with Crippen molar-refractivity contribution >= 4 is 11.7 Å². The Morgan fingerprint density at radius 3 is 2.70 bits per heavy atom. The molecule has 4 rings (SSSR count). The summed E-state index contributed by atoms with van der Waals surface area (Å²) in [6.07, 6.45) is 4.10. The maximum atomic E-state index is 12.2. The smallest absolute Gasteiger partial charge is 0.226 e. The maximum absolute atomic E-state index is 12.2. The van der Waals surface area contributed by atoms with Gasteiger partial charge in [-0.3, -0.25) is 4.79 Å². The number of nitrogens with one attached hydrogen (secondary N) is 1. The Kier molecular flexibility index (Phi) is 3.04. The van der Waals surface area contributed by atoms with E-state index in [0.717, 1.165) is 28.6 Å². The molecule has 3 heterocycles. The molecule has 1 atom stereocenters. The minimum absolute atomic E-state index is 0.000894. The van der Waals surface area contributed by atoms with Gasteiger partial charge in [-0.15, -0.1) is 0 Å². The van der Waals surface area contributed by atoms with Crippen LogP contribution >= 0.6 is 0 Å². The summed E-state index contributed by atoms with van der Waals surface area (Å²) in [5.74, 6) is 1.65. The number of hydrogen-bond donors (Lipinski definition) is 1. The van der Waals surface area contributed by atoms with Crippen molar-refractivity contribution in [1.82, 2.24) is 19.3 Å². The lowest BCUT2D eigenvalue weighted by Crippen LogP contribution is -2.25. The lowest BCUT2D eigenvalue weighted by Gasteiger charge is -2.23. The summed E-state index contributed by atoms with van der Waals surface area (Å²) in [6, 6.07) is 9.81. The third kappa shape index (κ3) is 2.14. The first-order valence-electron chi connectivity index (χ1n) is 7.56. The highest BCUT2D eigenvalue weighted by atomic mass is 16.1. The summed E-state index contributed by atoms with van der Waals surface area (Å²) < 4.78 is 3.82. The van der Waals surface area contributed by atoms with Crippen LogP contribution < -0.4 is 5.32 Å². The number of amides is 1. The predicted octanol–water partition coefficient (Wildman–Crippen LogP) is 2.39. The first-order chi connectivity index (χ1) is 11.1. The molecule has 2 aromatic heterocycles.